The highest BCUT2D eigenvalue weighted by molar-refractivity contribution is 5.50. The molecule has 0 aromatic heterocycles. The summed E-state index contributed by atoms with van der Waals surface area (Å²) in [4.78, 5) is 9.78. The maximum absolute atomic E-state index is 9.78. The molecule has 0 saturated carbocycles. The van der Waals surface area contributed by atoms with Crippen LogP contribution in [0.3, 0.4) is 0 Å². The molecule has 0 bridgehead atoms. The number of hydrogen-bond acceptors (Lipinski definition) is 3. The first-order valence-corrected chi connectivity index (χ1v) is 3.86. The van der Waals surface area contributed by atoms with Crippen LogP contribution in [0.4, 0.5) is 0 Å². The fourth-order valence-electron chi connectivity index (χ4n) is 0.568. The average molecular weight is 160 g/mol. The maximum Gasteiger partial charge on any atom is 0.145 e. The van der Waals surface area contributed by atoms with Crippen molar-refractivity contribution in [1.29, 1.82) is 0 Å². The van der Waals surface area contributed by atoms with Gasteiger partial charge < -0.3 is 14.3 Å². The fourth-order valence-corrected chi connectivity index (χ4v) is 0.568. The van der Waals surface area contributed by atoms with Gasteiger partial charge in [0, 0.05) is 6.61 Å². The molecule has 0 rings (SSSR count). The predicted octanol–water partition coefficient (Wildman–Crippen LogP) is 0.875. The Morgan fingerprint density at radius 3 is 2.45 bits per heavy atom. The highest BCUT2D eigenvalue weighted by Crippen LogP contribution is 1.91. The number of hydrogen-bond donors (Lipinski definition) is 0. The Morgan fingerprint density at radius 1 is 1.27 bits per heavy atom. The minimum Gasteiger partial charge on any atom is -0.379 e. The third-order valence-corrected chi connectivity index (χ3v) is 1.01. The molecule has 3 heteroatoms. The summed E-state index contributed by atoms with van der Waals surface area (Å²) >= 11 is 0. The summed E-state index contributed by atoms with van der Waals surface area (Å²) in [6.45, 7) is 6.19. The molecule has 0 aliphatic carbocycles. The van der Waals surface area contributed by atoms with Crippen molar-refractivity contribution in [3.63, 3.8) is 0 Å². The Hall–Kier alpha value is -0.410. The van der Waals surface area contributed by atoms with E-state index in [1.807, 2.05) is 0 Å². The quantitative estimate of drug-likeness (QED) is 0.409. The molecule has 66 valence electrons. The summed E-state index contributed by atoms with van der Waals surface area (Å²) in [5.41, 5.74) is 0. The summed E-state index contributed by atoms with van der Waals surface area (Å²) in [5.74, 6) is 0.557. The third-order valence-electron chi connectivity index (χ3n) is 1.01. The molecule has 0 aromatic rings. The topological polar surface area (TPSA) is 35.5 Å². The second-order valence-corrected chi connectivity index (χ2v) is 2.71. The molecule has 0 aliphatic heterocycles. The van der Waals surface area contributed by atoms with Gasteiger partial charge in [-0.2, -0.15) is 0 Å². The Kier molecular flexibility index (Phi) is 7.41. The van der Waals surface area contributed by atoms with Crippen LogP contribution in [0.25, 0.3) is 0 Å². The van der Waals surface area contributed by atoms with E-state index < -0.39 is 0 Å². The van der Waals surface area contributed by atoms with Crippen molar-refractivity contribution >= 4 is 6.29 Å². The largest absolute Gasteiger partial charge is 0.379 e. The van der Waals surface area contributed by atoms with Crippen LogP contribution >= 0.6 is 0 Å². The first-order chi connectivity index (χ1) is 5.27. The smallest absolute Gasteiger partial charge is 0.145 e. The van der Waals surface area contributed by atoms with Gasteiger partial charge in [0.1, 0.15) is 12.9 Å². The van der Waals surface area contributed by atoms with E-state index in [0.29, 0.717) is 19.1 Å². The summed E-state index contributed by atoms with van der Waals surface area (Å²) in [7, 11) is 0. The Balaban J connectivity index is 2.85. The lowest BCUT2D eigenvalue weighted by atomic mass is 10.2. The summed E-state index contributed by atoms with van der Waals surface area (Å²) < 4.78 is 10.1. The van der Waals surface area contributed by atoms with E-state index in [2.05, 4.69) is 13.8 Å². The summed E-state index contributed by atoms with van der Waals surface area (Å²) in [6, 6.07) is 0. The van der Waals surface area contributed by atoms with Crippen molar-refractivity contribution < 1.29 is 14.3 Å². The molecule has 0 fully saturated rings. The van der Waals surface area contributed by atoms with Gasteiger partial charge in [0.2, 0.25) is 0 Å². The zero-order valence-electron chi connectivity index (χ0n) is 7.21. The predicted molar refractivity (Wildman–Crippen MR) is 42.5 cm³/mol. The first kappa shape index (κ1) is 10.6. The summed E-state index contributed by atoms with van der Waals surface area (Å²) in [5, 5.41) is 0. The van der Waals surface area contributed by atoms with Crippen molar-refractivity contribution in [2.75, 3.05) is 26.4 Å². The van der Waals surface area contributed by atoms with Gasteiger partial charge >= 0.3 is 0 Å². The second-order valence-electron chi connectivity index (χ2n) is 2.71. The van der Waals surface area contributed by atoms with Crippen molar-refractivity contribution in [2.45, 2.75) is 13.8 Å². The van der Waals surface area contributed by atoms with Gasteiger partial charge in [-0.05, 0) is 5.92 Å². The minimum absolute atomic E-state index is 0.172. The lowest BCUT2D eigenvalue weighted by Crippen LogP contribution is -2.09. The zero-order chi connectivity index (χ0) is 8.53. The Morgan fingerprint density at radius 2 is 1.91 bits per heavy atom. The normalized spacial score (nSPS) is 10.5. The Bertz CT molecular complexity index is 91.3. The molecule has 0 saturated heterocycles. The van der Waals surface area contributed by atoms with Gasteiger partial charge in [-0.25, -0.2) is 0 Å². The number of ether oxygens (including phenoxy) is 2. The lowest BCUT2D eigenvalue weighted by molar-refractivity contribution is -0.112. The van der Waals surface area contributed by atoms with Crippen LogP contribution in [0.1, 0.15) is 13.8 Å². The molecule has 0 unspecified atom stereocenters. The highest BCUT2D eigenvalue weighted by Gasteiger charge is 1.92. The summed E-state index contributed by atoms with van der Waals surface area (Å²) in [6.07, 6.45) is 0.739. The number of carbonyl (C=O) groups is 1. The molecule has 3 nitrogen and oxygen atoms in total. The maximum atomic E-state index is 9.78. The Labute approximate surface area is 67.7 Å². The second kappa shape index (κ2) is 7.69. The molecular formula is C8H16O3. The fraction of sp³-hybridized carbons (Fsp3) is 0.875. The van der Waals surface area contributed by atoms with Crippen LogP contribution < -0.4 is 0 Å². The van der Waals surface area contributed by atoms with E-state index in [0.717, 1.165) is 12.9 Å². The van der Waals surface area contributed by atoms with E-state index in [1.165, 1.54) is 0 Å². The highest BCUT2D eigenvalue weighted by atomic mass is 16.5. The van der Waals surface area contributed by atoms with Crippen LogP contribution in [-0.4, -0.2) is 32.7 Å². The molecule has 0 atom stereocenters. The van der Waals surface area contributed by atoms with E-state index in [4.69, 9.17) is 9.47 Å². The molecule has 0 radical (unpaired) electrons. The van der Waals surface area contributed by atoms with Crippen LogP contribution in [-0.2, 0) is 14.3 Å². The van der Waals surface area contributed by atoms with Crippen LogP contribution in [0.5, 0.6) is 0 Å². The van der Waals surface area contributed by atoms with Crippen molar-refractivity contribution in [2.24, 2.45) is 5.92 Å². The first-order valence-electron chi connectivity index (χ1n) is 3.86. The lowest BCUT2D eigenvalue weighted by Gasteiger charge is -2.05. The molecule has 0 spiro atoms. The van der Waals surface area contributed by atoms with Crippen molar-refractivity contribution in [3.05, 3.63) is 0 Å². The van der Waals surface area contributed by atoms with Gasteiger partial charge in [-0.3, -0.25) is 0 Å². The SMILES string of the molecule is CC(C)COCCOCC=O. The molecule has 0 amide bonds. The van der Waals surface area contributed by atoms with Gasteiger partial charge in [0.05, 0.1) is 13.2 Å². The van der Waals surface area contributed by atoms with Crippen LogP contribution in [0, 0.1) is 5.92 Å². The van der Waals surface area contributed by atoms with Crippen LogP contribution in [0.15, 0.2) is 0 Å². The number of carbonyl (C=O) groups excluding carboxylic acids is 1. The molecule has 0 heterocycles. The van der Waals surface area contributed by atoms with Gasteiger partial charge in [-0.15, -0.1) is 0 Å². The molecule has 11 heavy (non-hydrogen) atoms. The molecule has 0 aliphatic rings. The van der Waals surface area contributed by atoms with E-state index in [-0.39, 0.29) is 6.61 Å². The molecular weight excluding hydrogens is 144 g/mol. The van der Waals surface area contributed by atoms with Gasteiger partial charge in [-0.1, -0.05) is 13.8 Å². The number of rotatable bonds is 7. The number of aldehydes is 1. The van der Waals surface area contributed by atoms with Crippen molar-refractivity contribution in [1.82, 2.24) is 0 Å². The van der Waals surface area contributed by atoms with Crippen molar-refractivity contribution in [3.8, 4) is 0 Å². The standard InChI is InChI=1S/C8H16O3/c1-8(2)7-11-6-5-10-4-3-9/h3,8H,4-7H2,1-2H3. The van der Waals surface area contributed by atoms with Crippen LogP contribution in [0.2, 0.25) is 0 Å². The van der Waals surface area contributed by atoms with E-state index in [1.54, 1.807) is 0 Å². The van der Waals surface area contributed by atoms with Gasteiger partial charge in [0.25, 0.3) is 0 Å². The molecule has 0 N–H and O–H groups in total. The van der Waals surface area contributed by atoms with Gasteiger partial charge in [0.15, 0.2) is 0 Å². The third kappa shape index (κ3) is 9.59. The van der Waals surface area contributed by atoms with E-state index >= 15 is 0 Å². The minimum atomic E-state index is 0.172. The molecule has 0 aromatic carbocycles. The zero-order valence-corrected chi connectivity index (χ0v) is 7.21. The monoisotopic (exact) mass is 160 g/mol. The van der Waals surface area contributed by atoms with E-state index in [9.17, 15) is 4.79 Å². The average Bonchev–Trinajstić information content (AvgIpc) is 1.96.